The third kappa shape index (κ3) is 6.07. The highest BCUT2D eigenvalue weighted by atomic mass is 32.2. The fourth-order valence-corrected chi connectivity index (χ4v) is 5.67. The number of aromatic nitrogens is 2. The Morgan fingerprint density at radius 3 is 2.54 bits per heavy atom. The van der Waals surface area contributed by atoms with Crippen LogP contribution in [0.2, 0.25) is 0 Å². The average molecular weight is 427 g/mol. The number of esters is 1. The maximum atomic E-state index is 12.4. The molecule has 0 bridgehead atoms. The van der Waals surface area contributed by atoms with Crippen LogP contribution in [-0.4, -0.2) is 57.5 Å². The molecule has 0 spiro atoms. The second-order valence-electron chi connectivity index (χ2n) is 7.73. The van der Waals surface area contributed by atoms with Crippen molar-refractivity contribution in [1.29, 1.82) is 0 Å². The van der Waals surface area contributed by atoms with Gasteiger partial charge >= 0.3 is 5.97 Å². The molecule has 2 atom stereocenters. The predicted octanol–water partition coefficient (Wildman–Crippen LogP) is 3.71. The first-order valence-electron chi connectivity index (χ1n) is 10.2. The van der Waals surface area contributed by atoms with Crippen LogP contribution in [0.1, 0.15) is 65.2 Å². The average Bonchev–Trinajstić information content (AvgIpc) is 3.12. The van der Waals surface area contributed by atoms with Gasteiger partial charge in [0.05, 0.1) is 5.75 Å². The summed E-state index contributed by atoms with van der Waals surface area (Å²) in [5.41, 5.74) is 0. The van der Waals surface area contributed by atoms with Crippen molar-refractivity contribution in [2.24, 2.45) is 0 Å². The number of ether oxygens (including phenoxy) is 1. The molecule has 1 aromatic heterocycles. The molecule has 1 aliphatic carbocycles. The van der Waals surface area contributed by atoms with Crippen LogP contribution in [0.3, 0.4) is 0 Å². The SMILES string of the molecule is C[C@@H]1CCC[C@@H](C)N1C(=O)COC(=O)CSc1nnc(NC2CCCCC2)s1. The van der Waals surface area contributed by atoms with Crippen molar-refractivity contribution in [3.05, 3.63) is 0 Å². The van der Waals surface area contributed by atoms with E-state index in [2.05, 4.69) is 29.4 Å². The van der Waals surface area contributed by atoms with Gasteiger partial charge in [-0.05, 0) is 46.0 Å². The molecule has 0 radical (unpaired) electrons. The van der Waals surface area contributed by atoms with Crippen molar-refractivity contribution in [2.75, 3.05) is 17.7 Å². The fraction of sp³-hybridized carbons (Fsp3) is 0.789. The fourth-order valence-electron chi connectivity index (χ4n) is 4.04. The molecule has 9 heteroatoms. The lowest BCUT2D eigenvalue weighted by Gasteiger charge is -2.38. The number of hydrogen-bond donors (Lipinski definition) is 1. The smallest absolute Gasteiger partial charge is 0.316 e. The zero-order valence-corrected chi connectivity index (χ0v) is 18.3. The van der Waals surface area contributed by atoms with Gasteiger partial charge in [-0.1, -0.05) is 42.4 Å². The Kier molecular flexibility index (Phi) is 7.96. The number of hydrogen-bond acceptors (Lipinski definition) is 8. The van der Waals surface area contributed by atoms with E-state index in [-0.39, 0.29) is 30.4 Å². The predicted molar refractivity (Wildman–Crippen MR) is 112 cm³/mol. The Morgan fingerprint density at radius 2 is 1.82 bits per heavy atom. The number of rotatable bonds is 7. The molecular formula is C19H30N4O3S2. The Labute approximate surface area is 175 Å². The molecule has 0 aromatic carbocycles. The first kappa shape index (κ1) is 21.4. The number of thioether (sulfide) groups is 1. The second kappa shape index (κ2) is 10.4. The minimum atomic E-state index is -0.396. The summed E-state index contributed by atoms with van der Waals surface area (Å²) in [6, 6.07) is 0.900. The Morgan fingerprint density at radius 1 is 1.11 bits per heavy atom. The summed E-state index contributed by atoms with van der Waals surface area (Å²) in [7, 11) is 0. The maximum Gasteiger partial charge on any atom is 0.316 e. The first-order valence-corrected chi connectivity index (χ1v) is 12.0. The molecule has 7 nitrogen and oxygen atoms in total. The van der Waals surface area contributed by atoms with Gasteiger partial charge in [0.2, 0.25) is 5.13 Å². The van der Waals surface area contributed by atoms with Crippen molar-refractivity contribution >= 4 is 40.1 Å². The van der Waals surface area contributed by atoms with Crippen LogP contribution in [0.25, 0.3) is 0 Å². The van der Waals surface area contributed by atoms with Gasteiger partial charge in [-0.15, -0.1) is 10.2 Å². The van der Waals surface area contributed by atoms with E-state index in [0.717, 1.165) is 28.7 Å². The summed E-state index contributed by atoms with van der Waals surface area (Å²) in [6.45, 7) is 3.93. The molecule has 2 aliphatic rings. The topological polar surface area (TPSA) is 84.4 Å². The van der Waals surface area contributed by atoms with Crippen molar-refractivity contribution in [3.63, 3.8) is 0 Å². The highest BCUT2D eigenvalue weighted by molar-refractivity contribution is 8.01. The number of carbonyl (C=O) groups excluding carboxylic acids is 2. The molecule has 1 saturated carbocycles. The van der Waals surface area contributed by atoms with Crippen molar-refractivity contribution < 1.29 is 14.3 Å². The molecule has 1 aromatic rings. The van der Waals surface area contributed by atoms with Gasteiger partial charge in [0.25, 0.3) is 5.91 Å². The van der Waals surface area contributed by atoms with Crippen LogP contribution in [0.15, 0.2) is 4.34 Å². The molecule has 0 unspecified atom stereocenters. The highest BCUT2D eigenvalue weighted by Gasteiger charge is 2.29. The van der Waals surface area contributed by atoms with Crippen molar-refractivity contribution in [1.82, 2.24) is 15.1 Å². The molecule has 156 valence electrons. The summed E-state index contributed by atoms with van der Waals surface area (Å²) in [5.74, 6) is -0.364. The summed E-state index contributed by atoms with van der Waals surface area (Å²) in [5, 5.41) is 12.5. The molecule has 3 rings (SSSR count). The van der Waals surface area contributed by atoms with Gasteiger partial charge in [-0.3, -0.25) is 9.59 Å². The Bertz CT molecular complexity index is 653. The van der Waals surface area contributed by atoms with E-state index in [1.807, 2.05) is 4.90 Å². The number of carbonyl (C=O) groups is 2. The largest absolute Gasteiger partial charge is 0.455 e. The normalized spacial score (nSPS) is 23.4. The quantitative estimate of drug-likeness (QED) is 0.525. The molecule has 2 heterocycles. The van der Waals surface area contributed by atoms with E-state index in [4.69, 9.17) is 4.74 Å². The van der Waals surface area contributed by atoms with Crippen LogP contribution < -0.4 is 5.32 Å². The van der Waals surface area contributed by atoms with Crippen LogP contribution in [0, 0.1) is 0 Å². The molecule has 1 saturated heterocycles. The highest BCUT2D eigenvalue weighted by Crippen LogP contribution is 2.28. The molecule has 1 aliphatic heterocycles. The molecular weight excluding hydrogens is 396 g/mol. The number of piperidine rings is 1. The Balaban J connectivity index is 1.38. The first-order chi connectivity index (χ1) is 13.5. The van der Waals surface area contributed by atoms with E-state index >= 15 is 0 Å². The van der Waals surface area contributed by atoms with E-state index in [1.165, 1.54) is 55.2 Å². The second-order valence-corrected chi connectivity index (χ2v) is 9.93. The molecule has 28 heavy (non-hydrogen) atoms. The van der Waals surface area contributed by atoms with Crippen LogP contribution >= 0.6 is 23.1 Å². The molecule has 1 amide bonds. The van der Waals surface area contributed by atoms with Crippen molar-refractivity contribution in [3.8, 4) is 0 Å². The van der Waals surface area contributed by atoms with Gasteiger partial charge in [-0.25, -0.2) is 0 Å². The molecule has 1 N–H and O–H groups in total. The molecule has 2 fully saturated rings. The minimum Gasteiger partial charge on any atom is -0.455 e. The summed E-state index contributed by atoms with van der Waals surface area (Å²) in [4.78, 5) is 26.3. The van der Waals surface area contributed by atoms with E-state index in [9.17, 15) is 9.59 Å². The zero-order chi connectivity index (χ0) is 19.9. The van der Waals surface area contributed by atoms with Crippen LogP contribution in [0.4, 0.5) is 5.13 Å². The lowest BCUT2D eigenvalue weighted by molar-refractivity contribution is -0.153. The van der Waals surface area contributed by atoms with Crippen molar-refractivity contribution in [2.45, 2.75) is 87.7 Å². The number of nitrogens with one attached hydrogen (secondary N) is 1. The number of amides is 1. The Hall–Kier alpha value is -1.35. The van der Waals surface area contributed by atoms with E-state index < -0.39 is 5.97 Å². The van der Waals surface area contributed by atoms with Gasteiger partial charge in [0, 0.05) is 18.1 Å². The van der Waals surface area contributed by atoms with Gasteiger partial charge in [0.1, 0.15) is 0 Å². The zero-order valence-electron chi connectivity index (χ0n) is 16.7. The number of anilines is 1. The lowest BCUT2D eigenvalue weighted by Crippen LogP contribution is -2.49. The number of nitrogens with zero attached hydrogens (tertiary/aromatic N) is 3. The van der Waals surface area contributed by atoms with Gasteiger partial charge in [0.15, 0.2) is 10.9 Å². The third-order valence-corrected chi connectivity index (χ3v) is 7.45. The summed E-state index contributed by atoms with van der Waals surface area (Å²) in [6.07, 6.45) is 9.35. The monoisotopic (exact) mass is 426 g/mol. The van der Waals surface area contributed by atoms with Gasteiger partial charge < -0.3 is 15.0 Å². The standard InChI is InChI=1S/C19H30N4O3S2/c1-13-7-6-8-14(2)23(13)16(24)11-26-17(25)12-27-19-22-21-18(28-19)20-15-9-4-3-5-10-15/h13-15H,3-12H2,1-2H3,(H,20,21)/t13-,14-/m1/s1. The van der Waals surface area contributed by atoms with E-state index in [1.54, 1.807) is 0 Å². The lowest BCUT2D eigenvalue weighted by atomic mass is 9.96. The van der Waals surface area contributed by atoms with Crippen LogP contribution in [0.5, 0.6) is 0 Å². The minimum absolute atomic E-state index is 0.104. The third-order valence-electron chi connectivity index (χ3n) is 5.49. The maximum absolute atomic E-state index is 12.4. The summed E-state index contributed by atoms with van der Waals surface area (Å²) < 4.78 is 5.93. The van der Waals surface area contributed by atoms with E-state index in [0.29, 0.717) is 6.04 Å². The summed E-state index contributed by atoms with van der Waals surface area (Å²) >= 11 is 2.77. The van der Waals surface area contributed by atoms with Gasteiger partial charge in [-0.2, -0.15) is 0 Å². The number of likely N-dealkylation sites (tertiary alicyclic amines) is 1. The van der Waals surface area contributed by atoms with Crippen LogP contribution in [-0.2, 0) is 14.3 Å².